The first kappa shape index (κ1) is 13.7. The molecule has 0 radical (unpaired) electrons. The van der Waals surface area contributed by atoms with Gasteiger partial charge in [0.25, 0.3) is 0 Å². The zero-order valence-corrected chi connectivity index (χ0v) is 11.1. The van der Waals surface area contributed by atoms with Crippen molar-refractivity contribution in [2.45, 2.75) is 32.9 Å². The van der Waals surface area contributed by atoms with Crippen LogP contribution in [-0.2, 0) is 6.54 Å². The van der Waals surface area contributed by atoms with Gasteiger partial charge in [-0.15, -0.1) is 0 Å². The highest BCUT2D eigenvalue weighted by Gasteiger charge is 2.12. The Balaban J connectivity index is 2.14. The van der Waals surface area contributed by atoms with E-state index >= 15 is 0 Å². The topological polar surface area (TPSA) is 38.1 Å². The lowest BCUT2D eigenvalue weighted by molar-refractivity contribution is 0.421. The van der Waals surface area contributed by atoms with Crippen LogP contribution in [0.1, 0.15) is 26.5 Å². The molecular formula is C14H16F2N2O. The normalized spacial score (nSPS) is 11.8. The Morgan fingerprint density at radius 2 is 1.95 bits per heavy atom. The molecule has 0 spiro atoms. The van der Waals surface area contributed by atoms with Gasteiger partial charge in [0, 0.05) is 17.6 Å². The van der Waals surface area contributed by atoms with Gasteiger partial charge in [0.1, 0.15) is 6.26 Å². The molecule has 0 fully saturated rings. The van der Waals surface area contributed by atoms with Gasteiger partial charge in [-0.05, 0) is 39.0 Å². The summed E-state index contributed by atoms with van der Waals surface area (Å²) in [7, 11) is 0. The van der Waals surface area contributed by atoms with E-state index in [2.05, 4.69) is 10.3 Å². The van der Waals surface area contributed by atoms with E-state index in [9.17, 15) is 8.78 Å². The van der Waals surface area contributed by atoms with Crippen LogP contribution in [0.2, 0.25) is 0 Å². The molecule has 0 aliphatic carbocycles. The smallest absolute Gasteiger partial charge is 0.226 e. The minimum Gasteiger partial charge on any atom is -0.444 e. The average Bonchev–Trinajstić information content (AvgIpc) is 2.78. The number of halogens is 2. The molecule has 0 aliphatic heterocycles. The van der Waals surface area contributed by atoms with Crippen molar-refractivity contribution in [1.82, 2.24) is 10.3 Å². The molecule has 0 bridgehead atoms. The van der Waals surface area contributed by atoms with Crippen LogP contribution in [0.4, 0.5) is 8.78 Å². The number of hydrogen-bond acceptors (Lipinski definition) is 3. The third-order valence-corrected chi connectivity index (χ3v) is 2.52. The third-order valence-electron chi connectivity index (χ3n) is 2.52. The Morgan fingerprint density at radius 1 is 1.21 bits per heavy atom. The van der Waals surface area contributed by atoms with Crippen molar-refractivity contribution < 1.29 is 13.2 Å². The van der Waals surface area contributed by atoms with Crippen molar-refractivity contribution in [3.8, 4) is 11.5 Å². The molecule has 1 aromatic heterocycles. The van der Waals surface area contributed by atoms with E-state index in [0.717, 1.165) is 17.8 Å². The van der Waals surface area contributed by atoms with Crippen LogP contribution in [-0.4, -0.2) is 10.5 Å². The number of hydrogen-bond donors (Lipinski definition) is 1. The molecule has 0 aliphatic rings. The Bertz CT molecular complexity index is 573. The van der Waals surface area contributed by atoms with Crippen molar-refractivity contribution in [1.29, 1.82) is 0 Å². The fraction of sp³-hybridized carbons (Fsp3) is 0.357. The Labute approximate surface area is 110 Å². The molecule has 5 heteroatoms. The molecule has 0 saturated heterocycles. The molecule has 0 amide bonds. The van der Waals surface area contributed by atoms with E-state index in [1.807, 2.05) is 20.8 Å². The van der Waals surface area contributed by atoms with Gasteiger partial charge in [0.05, 0.1) is 5.69 Å². The average molecular weight is 266 g/mol. The number of oxazole rings is 1. The van der Waals surface area contributed by atoms with Crippen LogP contribution in [0.25, 0.3) is 11.5 Å². The number of rotatable bonds is 3. The van der Waals surface area contributed by atoms with E-state index in [0.29, 0.717) is 12.1 Å². The van der Waals surface area contributed by atoms with Crippen molar-refractivity contribution >= 4 is 0 Å². The van der Waals surface area contributed by atoms with Crippen LogP contribution in [0.5, 0.6) is 0 Å². The van der Waals surface area contributed by atoms with Crippen molar-refractivity contribution in [2.24, 2.45) is 0 Å². The quantitative estimate of drug-likeness (QED) is 0.923. The molecule has 0 saturated carbocycles. The summed E-state index contributed by atoms with van der Waals surface area (Å²) in [5, 5.41) is 3.27. The molecule has 3 nitrogen and oxygen atoms in total. The highest BCUT2D eigenvalue weighted by molar-refractivity contribution is 5.53. The first-order valence-corrected chi connectivity index (χ1v) is 6.00. The predicted molar refractivity (Wildman–Crippen MR) is 68.4 cm³/mol. The molecule has 0 atom stereocenters. The number of aromatic nitrogens is 1. The first-order valence-electron chi connectivity index (χ1n) is 6.00. The summed E-state index contributed by atoms with van der Waals surface area (Å²) < 4.78 is 31.2. The second-order valence-electron chi connectivity index (χ2n) is 5.38. The largest absolute Gasteiger partial charge is 0.444 e. The van der Waals surface area contributed by atoms with Gasteiger partial charge in [-0.2, -0.15) is 0 Å². The Kier molecular flexibility index (Phi) is 3.66. The summed E-state index contributed by atoms with van der Waals surface area (Å²) in [4.78, 5) is 4.24. The second kappa shape index (κ2) is 5.09. The minimum atomic E-state index is -0.912. The molecule has 1 N–H and O–H groups in total. The fourth-order valence-electron chi connectivity index (χ4n) is 1.51. The van der Waals surface area contributed by atoms with Crippen molar-refractivity contribution in [3.05, 3.63) is 41.8 Å². The molecule has 0 unspecified atom stereocenters. The Hall–Kier alpha value is -1.75. The van der Waals surface area contributed by atoms with Crippen LogP contribution in [0, 0.1) is 11.6 Å². The van der Waals surface area contributed by atoms with Gasteiger partial charge in [0.2, 0.25) is 5.89 Å². The summed E-state index contributed by atoms with van der Waals surface area (Å²) in [6.07, 6.45) is 1.51. The summed E-state index contributed by atoms with van der Waals surface area (Å²) in [6, 6.07) is 3.56. The standard InChI is InChI=1S/C14H16F2N2O/c1-14(2,3)17-7-10-8-19-13(18-10)9-4-5-11(15)12(16)6-9/h4-6,8,17H,7H2,1-3H3. The monoisotopic (exact) mass is 266 g/mol. The number of nitrogens with one attached hydrogen (secondary N) is 1. The molecule has 1 heterocycles. The van der Waals surface area contributed by atoms with Gasteiger partial charge in [-0.25, -0.2) is 13.8 Å². The van der Waals surface area contributed by atoms with E-state index in [4.69, 9.17) is 4.42 Å². The second-order valence-corrected chi connectivity index (χ2v) is 5.38. The minimum absolute atomic E-state index is 0.0267. The van der Waals surface area contributed by atoms with Crippen LogP contribution in [0.15, 0.2) is 28.9 Å². The highest BCUT2D eigenvalue weighted by Crippen LogP contribution is 2.21. The van der Waals surface area contributed by atoms with Gasteiger partial charge in [-0.3, -0.25) is 0 Å². The molecule has 102 valence electrons. The van der Waals surface area contributed by atoms with E-state index in [1.165, 1.54) is 12.3 Å². The highest BCUT2D eigenvalue weighted by atomic mass is 19.2. The summed E-state index contributed by atoms with van der Waals surface area (Å²) >= 11 is 0. The van der Waals surface area contributed by atoms with Gasteiger partial charge in [-0.1, -0.05) is 0 Å². The Morgan fingerprint density at radius 3 is 2.58 bits per heavy atom. The van der Waals surface area contributed by atoms with E-state index < -0.39 is 11.6 Å². The number of nitrogens with zero attached hydrogens (tertiary/aromatic N) is 1. The molecule has 2 aromatic rings. The van der Waals surface area contributed by atoms with E-state index in [1.54, 1.807) is 0 Å². The van der Waals surface area contributed by atoms with Crippen molar-refractivity contribution in [3.63, 3.8) is 0 Å². The maximum atomic E-state index is 13.1. The lowest BCUT2D eigenvalue weighted by atomic mass is 10.1. The molecular weight excluding hydrogens is 250 g/mol. The third kappa shape index (κ3) is 3.61. The molecule has 1 aromatic carbocycles. The SMILES string of the molecule is CC(C)(C)NCc1coc(-c2ccc(F)c(F)c2)n1. The van der Waals surface area contributed by atoms with Gasteiger partial charge < -0.3 is 9.73 Å². The van der Waals surface area contributed by atoms with Gasteiger partial charge in [0.15, 0.2) is 11.6 Å². The van der Waals surface area contributed by atoms with E-state index in [-0.39, 0.29) is 11.4 Å². The predicted octanol–water partition coefficient (Wildman–Crippen LogP) is 3.51. The number of benzene rings is 1. The summed E-state index contributed by atoms with van der Waals surface area (Å²) in [6.45, 7) is 6.69. The van der Waals surface area contributed by atoms with Crippen molar-refractivity contribution in [2.75, 3.05) is 0 Å². The zero-order valence-electron chi connectivity index (χ0n) is 11.1. The maximum absolute atomic E-state index is 13.1. The summed E-state index contributed by atoms with van der Waals surface area (Å²) in [5.74, 6) is -1.51. The zero-order chi connectivity index (χ0) is 14.0. The maximum Gasteiger partial charge on any atom is 0.226 e. The lowest BCUT2D eigenvalue weighted by Gasteiger charge is -2.19. The molecule has 19 heavy (non-hydrogen) atoms. The first-order chi connectivity index (χ1) is 8.85. The van der Waals surface area contributed by atoms with Crippen LogP contribution in [0.3, 0.4) is 0 Å². The van der Waals surface area contributed by atoms with Crippen LogP contribution >= 0.6 is 0 Å². The van der Waals surface area contributed by atoms with Gasteiger partial charge >= 0.3 is 0 Å². The van der Waals surface area contributed by atoms with Crippen LogP contribution < -0.4 is 5.32 Å². The molecule has 2 rings (SSSR count). The fourth-order valence-corrected chi connectivity index (χ4v) is 1.51. The summed E-state index contributed by atoms with van der Waals surface area (Å²) in [5.41, 5.74) is 1.11. The lowest BCUT2D eigenvalue weighted by Crippen LogP contribution is -2.35.